The van der Waals surface area contributed by atoms with Gasteiger partial charge in [-0.1, -0.05) is 29.4 Å². The lowest BCUT2D eigenvalue weighted by atomic mass is 10.1. The lowest BCUT2D eigenvalue weighted by Crippen LogP contribution is -2.32. The van der Waals surface area contributed by atoms with Crippen molar-refractivity contribution in [2.24, 2.45) is 10.9 Å². The van der Waals surface area contributed by atoms with Gasteiger partial charge in [-0.05, 0) is 19.5 Å². The zero-order chi connectivity index (χ0) is 13.5. The number of hydrogen-bond acceptors (Lipinski definition) is 4. The summed E-state index contributed by atoms with van der Waals surface area (Å²) in [5.74, 6) is 0.127. The third kappa shape index (κ3) is 4.01. The first-order valence-corrected chi connectivity index (χ1v) is 5.84. The number of amidine groups is 1. The molecule has 0 radical (unpaired) electrons. The van der Waals surface area contributed by atoms with Crippen LogP contribution >= 0.6 is 0 Å². The van der Waals surface area contributed by atoms with E-state index in [2.05, 4.69) is 24.0 Å². The molecule has 1 unspecified atom stereocenters. The molecule has 0 fully saturated rings. The van der Waals surface area contributed by atoms with E-state index >= 15 is 0 Å². The monoisotopic (exact) mass is 251 g/mol. The molecule has 0 aromatic heterocycles. The summed E-state index contributed by atoms with van der Waals surface area (Å²) in [5, 5.41) is 11.5. The first kappa shape index (κ1) is 14.5. The summed E-state index contributed by atoms with van der Waals surface area (Å²) in [6.45, 7) is 3.66. The van der Waals surface area contributed by atoms with Gasteiger partial charge in [-0.2, -0.15) is 0 Å². The van der Waals surface area contributed by atoms with Crippen molar-refractivity contribution < 1.29 is 9.94 Å². The average Bonchev–Trinajstić information content (AvgIpc) is 2.39. The SMILES string of the molecule is COCC(C)N(C)Cc1ccc(/C(N)=N/O)cc1. The normalized spacial score (nSPS) is 13.9. The molecule has 1 rings (SSSR count). The summed E-state index contributed by atoms with van der Waals surface area (Å²) in [6.07, 6.45) is 0. The molecule has 5 heteroatoms. The van der Waals surface area contributed by atoms with E-state index in [1.165, 1.54) is 5.56 Å². The Labute approximate surface area is 108 Å². The predicted molar refractivity (Wildman–Crippen MR) is 71.8 cm³/mol. The van der Waals surface area contributed by atoms with Gasteiger partial charge in [0.05, 0.1) is 6.61 Å². The summed E-state index contributed by atoms with van der Waals surface area (Å²) in [7, 11) is 3.76. The first-order valence-electron chi connectivity index (χ1n) is 5.84. The van der Waals surface area contributed by atoms with E-state index in [-0.39, 0.29) is 5.84 Å². The number of likely N-dealkylation sites (N-methyl/N-ethyl adjacent to an activating group) is 1. The van der Waals surface area contributed by atoms with Gasteiger partial charge in [0.25, 0.3) is 0 Å². The zero-order valence-corrected chi connectivity index (χ0v) is 11.1. The smallest absolute Gasteiger partial charge is 0.170 e. The van der Waals surface area contributed by atoms with E-state index in [4.69, 9.17) is 15.7 Å². The fraction of sp³-hybridized carbons (Fsp3) is 0.462. The molecule has 0 bridgehead atoms. The number of ether oxygens (including phenoxy) is 1. The van der Waals surface area contributed by atoms with Crippen LogP contribution in [0, 0.1) is 0 Å². The molecular formula is C13H21N3O2. The van der Waals surface area contributed by atoms with Gasteiger partial charge in [0.1, 0.15) is 0 Å². The van der Waals surface area contributed by atoms with Gasteiger partial charge in [-0.3, -0.25) is 4.90 Å². The summed E-state index contributed by atoms with van der Waals surface area (Å²) in [4.78, 5) is 2.21. The van der Waals surface area contributed by atoms with E-state index in [9.17, 15) is 0 Å². The van der Waals surface area contributed by atoms with Crippen LogP contribution < -0.4 is 5.73 Å². The van der Waals surface area contributed by atoms with Crippen molar-refractivity contribution in [1.82, 2.24) is 4.90 Å². The lowest BCUT2D eigenvalue weighted by molar-refractivity contribution is 0.112. The number of oxime groups is 1. The Hall–Kier alpha value is -1.59. The highest BCUT2D eigenvalue weighted by Gasteiger charge is 2.09. The highest BCUT2D eigenvalue weighted by molar-refractivity contribution is 5.96. The van der Waals surface area contributed by atoms with Crippen LogP contribution in [0.5, 0.6) is 0 Å². The van der Waals surface area contributed by atoms with E-state index in [1.807, 2.05) is 24.3 Å². The summed E-state index contributed by atoms with van der Waals surface area (Å²) in [6, 6.07) is 8.00. The fourth-order valence-corrected chi connectivity index (χ4v) is 1.65. The highest BCUT2D eigenvalue weighted by atomic mass is 16.5. The molecule has 0 saturated heterocycles. The quantitative estimate of drug-likeness (QED) is 0.345. The third-order valence-electron chi connectivity index (χ3n) is 2.95. The molecule has 1 atom stereocenters. The topological polar surface area (TPSA) is 71.1 Å². The average molecular weight is 251 g/mol. The van der Waals surface area contributed by atoms with Crippen molar-refractivity contribution >= 4 is 5.84 Å². The Morgan fingerprint density at radius 3 is 2.56 bits per heavy atom. The molecule has 5 nitrogen and oxygen atoms in total. The Morgan fingerprint density at radius 1 is 1.44 bits per heavy atom. The van der Waals surface area contributed by atoms with Crippen LogP contribution in [0.25, 0.3) is 0 Å². The third-order valence-corrected chi connectivity index (χ3v) is 2.95. The standard InChI is InChI=1S/C13H21N3O2/c1-10(9-18-3)16(2)8-11-4-6-12(7-5-11)13(14)15-17/h4-7,10,17H,8-9H2,1-3H3,(H2,14,15). The minimum atomic E-state index is 0.127. The minimum absolute atomic E-state index is 0.127. The van der Waals surface area contributed by atoms with Crippen molar-refractivity contribution in [3.05, 3.63) is 35.4 Å². The van der Waals surface area contributed by atoms with Gasteiger partial charge in [-0.15, -0.1) is 0 Å². The van der Waals surface area contributed by atoms with Crippen molar-refractivity contribution in [3.8, 4) is 0 Å². The summed E-state index contributed by atoms with van der Waals surface area (Å²) < 4.78 is 5.13. The molecule has 0 aliphatic rings. The van der Waals surface area contributed by atoms with Crippen LogP contribution in [0.2, 0.25) is 0 Å². The number of hydrogen-bond donors (Lipinski definition) is 2. The van der Waals surface area contributed by atoms with Crippen molar-refractivity contribution in [2.45, 2.75) is 19.5 Å². The maximum Gasteiger partial charge on any atom is 0.170 e. The van der Waals surface area contributed by atoms with Gasteiger partial charge in [0.15, 0.2) is 5.84 Å². The van der Waals surface area contributed by atoms with Gasteiger partial charge >= 0.3 is 0 Å². The first-order chi connectivity index (χ1) is 8.58. The van der Waals surface area contributed by atoms with Crippen LogP contribution in [0.3, 0.4) is 0 Å². The van der Waals surface area contributed by atoms with Gasteiger partial charge in [0, 0.05) is 25.3 Å². The molecular weight excluding hydrogens is 230 g/mol. The molecule has 18 heavy (non-hydrogen) atoms. The van der Waals surface area contributed by atoms with Crippen molar-refractivity contribution in [3.63, 3.8) is 0 Å². The minimum Gasteiger partial charge on any atom is -0.409 e. The van der Waals surface area contributed by atoms with Crippen LogP contribution in [0.1, 0.15) is 18.1 Å². The van der Waals surface area contributed by atoms with Crippen LogP contribution in [0.4, 0.5) is 0 Å². The second-order valence-electron chi connectivity index (χ2n) is 4.40. The molecule has 0 saturated carbocycles. The fourth-order valence-electron chi connectivity index (χ4n) is 1.65. The molecule has 3 N–H and O–H groups in total. The van der Waals surface area contributed by atoms with E-state index in [0.717, 1.165) is 6.54 Å². The van der Waals surface area contributed by atoms with Crippen molar-refractivity contribution in [2.75, 3.05) is 20.8 Å². The molecule has 100 valence electrons. The number of rotatable bonds is 6. The zero-order valence-electron chi connectivity index (χ0n) is 11.1. The highest BCUT2D eigenvalue weighted by Crippen LogP contribution is 2.08. The largest absolute Gasteiger partial charge is 0.409 e. The summed E-state index contributed by atoms with van der Waals surface area (Å²) >= 11 is 0. The van der Waals surface area contributed by atoms with Gasteiger partial charge < -0.3 is 15.7 Å². The number of nitrogens with zero attached hydrogens (tertiary/aromatic N) is 2. The van der Waals surface area contributed by atoms with Crippen LogP contribution in [0.15, 0.2) is 29.4 Å². The second-order valence-corrected chi connectivity index (χ2v) is 4.40. The van der Waals surface area contributed by atoms with Crippen molar-refractivity contribution in [1.29, 1.82) is 0 Å². The Morgan fingerprint density at radius 2 is 2.06 bits per heavy atom. The molecule has 0 spiro atoms. The number of methoxy groups -OCH3 is 1. The second kappa shape index (κ2) is 6.98. The Kier molecular flexibility index (Phi) is 5.61. The molecule has 0 aliphatic heterocycles. The Balaban J connectivity index is 2.63. The molecule has 0 heterocycles. The van der Waals surface area contributed by atoms with Crippen LogP contribution in [-0.2, 0) is 11.3 Å². The van der Waals surface area contributed by atoms with E-state index in [0.29, 0.717) is 18.2 Å². The maximum absolute atomic E-state index is 8.58. The molecule has 0 aliphatic carbocycles. The maximum atomic E-state index is 8.58. The van der Waals surface area contributed by atoms with Crippen LogP contribution in [-0.4, -0.2) is 42.7 Å². The molecule has 0 amide bonds. The number of nitrogens with two attached hydrogens (primary N) is 1. The Bertz CT molecular complexity index is 390. The van der Waals surface area contributed by atoms with E-state index in [1.54, 1.807) is 7.11 Å². The number of benzene rings is 1. The summed E-state index contributed by atoms with van der Waals surface area (Å²) in [5.41, 5.74) is 7.40. The predicted octanol–water partition coefficient (Wildman–Crippen LogP) is 1.25. The van der Waals surface area contributed by atoms with Gasteiger partial charge in [-0.25, -0.2) is 0 Å². The van der Waals surface area contributed by atoms with Gasteiger partial charge in [0.2, 0.25) is 0 Å². The van der Waals surface area contributed by atoms with E-state index < -0.39 is 0 Å². The molecule has 1 aromatic rings. The lowest BCUT2D eigenvalue weighted by Gasteiger charge is -2.24. The molecule has 1 aromatic carbocycles.